The summed E-state index contributed by atoms with van der Waals surface area (Å²) in [4.78, 5) is 15.9. The summed E-state index contributed by atoms with van der Waals surface area (Å²) in [6.07, 6.45) is 1.12. The van der Waals surface area contributed by atoms with E-state index in [2.05, 4.69) is 32.8 Å². The Kier molecular flexibility index (Phi) is 4.90. The molecule has 0 bridgehead atoms. The second kappa shape index (κ2) is 6.00. The predicted molar refractivity (Wildman–Crippen MR) is 74.2 cm³/mol. The van der Waals surface area contributed by atoms with Crippen molar-refractivity contribution >= 4 is 22.0 Å². The number of amides is 1. The molecule has 1 heterocycles. The van der Waals surface area contributed by atoms with E-state index in [0.717, 1.165) is 0 Å². The fourth-order valence-corrected chi connectivity index (χ4v) is 1.64. The summed E-state index contributed by atoms with van der Waals surface area (Å²) < 4.78 is 5.89. The van der Waals surface area contributed by atoms with Crippen molar-refractivity contribution in [3.05, 3.63) is 41.2 Å². The maximum atomic E-state index is 11.7. The molecule has 0 aliphatic heterocycles. The number of hydrogen-bond donors (Lipinski definition) is 1. The fraction of sp³-hybridized carbons (Fsp3) is 0.385. The van der Waals surface area contributed by atoms with E-state index in [1.807, 2.05) is 39.0 Å². The molecule has 1 aromatic rings. The van der Waals surface area contributed by atoms with Gasteiger partial charge in [-0.2, -0.15) is 0 Å². The standard InChI is InChI=1S/C13H17BrN2O2/c1-5-9(10-7-6-8-11(14)15-10)16-12(17)18-13(2,3)4/h5-9H,1H2,2-4H3,(H,16,17). The second-order valence-electron chi connectivity index (χ2n) is 4.74. The predicted octanol–water partition coefficient (Wildman–Crippen LogP) is 3.60. The molecule has 1 N–H and O–H groups in total. The van der Waals surface area contributed by atoms with E-state index >= 15 is 0 Å². The van der Waals surface area contributed by atoms with Crippen LogP contribution in [0.2, 0.25) is 0 Å². The van der Waals surface area contributed by atoms with Gasteiger partial charge in [-0.25, -0.2) is 9.78 Å². The first-order valence-electron chi connectivity index (χ1n) is 5.56. The molecule has 0 aliphatic carbocycles. The van der Waals surface area contributed by atoms with Crippen LogP contribution in [-0.4, -0.2) is 16.7 Å². The fourth-order valence-electron chi connectivity index (χ4n) is 1.29. The first kappa shape index (κ1) is 14.7. The Morgan fingerprint density at radius 1 is 1.56 bits per heavy atom. The van der Waals surface area contributed by atoms with Crippen molar-refractivity contribution in [3.63, 3.8) is 0 Å². The van der Waals surface area contributed by atoms with Gasteiger partial charge in [-0.15, -0.1) is 6.58 Å². The number of halogens is 1. The Labute approximate surface area is 116 Å². The van der Waals surface area contributed by atoms with Gasteiger partial charge < -0.3 is 10.1 Å². The molecule has 1 atom stereocenters. The minimum absolute atomic E-state index is 0.377. The summed E-state index contributed by atoms with van der Waals surface area (Å²) >= 11 is 3.29. The van der Waals surface area contributed by atoms with E-state index in [9.17, 15) is 4.79 Å². The minimum Gasteiger partial charge on any atom is -0.444 e. The van der Waals surface area contributed by atoms with Gasteiger partial charge in [0.05, 0.1) is 11.7 Å². The summed E-state index contributed by atoms with van der Waals surface area (Å²) in [7, 11) is 0. The molecule has 0 radical (unpaired) electrons. The molecule has 0 saturated carbocycles. The highest BCUT2D eigenvalue weighted by atomic mass is 79.9. The molecule has 5 heteroatoms. The van der Waals surface area contributed by atoms with Gasteiger partial charge >= 0.3 is 6.09 Å². The third kappa shape index (κ3) is 4.87. The topological polar surface area (TPSA) is 51.2 Å². The molecule has 0 aliphatic rings. The van der Waals surface area contributed by atoms with E-state index in [0.29, 0.717) is 10.3 Å². The van der Waals surface area contributed by atoms with Crippen LogP contribution >= 0.6 is 15.9 Å². The lowest BCUT2D eigenvalue weighted by atomic mass is 10.2. The number of nitrogens with zero attached hydrogens (tertiary/aromatic N) is 1. The zero-order valence-corrected chi connectivity index (χ0v) is 12.3. The van der Waals surface area contributed by atoms with Crippen molar-refractivity contribution in [2.75, 3.05) is 0 Å². The maximum absolute atomic E-state index is 11.7. The Bertz CT molecular complexity index is 441. The lowest BCUT2D eigenvalue weighted by molar-refractivity contribution is 0.0513. The van der Waals surface area contributed by atoms with Crippen LogP contribution in [0.4, 0.5) is 4.79 Å². The van der Waals surface area contributed by atoms with Gasteiger partial charge in [0.1, 0.15) is 10.2 Å². The Morgan fingerprint density at radius 3 is 2.72 bits per heavy atom. The lowest BCUT2D eigenvalue weighted by Gasteiger charge is -2.22. The number of hydrogen-bond acceptors (Lipinski definition) is 3. The Hall–Kier alpha value is -1.36. The number of ether oxygens (including phenoxy) is 1. The summed E-state index contributed by atoms with van der Waals surface area (Å²) in [5.74, 6) is 0. The first-order chi connectivity index (χ1) is 8.31. The largest absolute Gasteiger partial charge is 0.444 e. The molecule has 4 nitrogen and oxygen atoms in total. The van der Waals surface area contributed by atoms with E-state index in [1.165, 1.54) is 0 Å². The average molecular weight is 313 g/mol. The van der Waals surface area contributed by atoms with Crippen LogP contribution < -0.4 is 5.32 Å². The molecule has 98 valence electrons. The average Bonchev–Trinajstić information content (AvgIpc) is 2.23. The van der Waals surface area contributed by atoms with Gasteiger partial charge in [0, 0.05) is 0 Å². The van der Waals surface area contributed by atoms with Crippen LogP contribution in [0.3, 0.4) is 0 Å². The zero-order valence-electron chi connectivity index (χ0n) is 10.7. The van der Waals surface area contributed by atoms with E-state index < -0.39 is 11.7 Å². The third-order valence-corrected chi connectivity index (χ3v) is 2.40. The Balaban J connectivity index is 2.74. The molecule has 0 aromatic carbocycles. The molecular weight excluding hydrogens is 296 g/mol. The van der Waals surface area contributed by atoms with Crippen molar-refractivity contribution < 1.29 is 9.53 Å². The summed E-state index contributed by atoms with van der Waals surface area (Å²) in [5, 5.41) is 2.70. The summed E-state index contributed by atoms with van der Waals surface area (Å²) in [6, 6.07) is 5.10. The molecule has 1 amide bonds. The molecular formula is C13H17BrN2O2. The van der Waals surface area contributed by atoms with Crippen molar-refractivity contribution in [2.45, 2.75) is 32.4 Å². The highest BCUT2D eigenvalue weighted by Gasteiger charge is 2.19. The quantitative estimate of drug-likeness (QED) is 0.685. The van der Waals surface area contributed by atoms with Gasteiger partial charge in [-0.1, -0.05) is 12.1 Å². The molecule has 1 aromatic heterocycles. The number of alkyl carbamates (subject to hydrolysis) is 1. The van der Waals surface area contributed by atoms with Gasteiger partial charge in [-0.05, 0) is 48.8 Å². The van der Waals surface area contributed by atoms with Crippen LogP contribution in [-0.2, 0) is 4.74 Å². The number of aromatic nitrogens is 1. The highest BCUT2D eigenvalue weighted by molar-refractivity contribution is 9.10. The molecule has 18 heavy (non-hydrogen) atoms. The summed E-state index contributed by atoms with van der Waals surface area (Å²) in [5.41, 5.74) is 0.172. The third-order valence-electron chi connectivity index (χ3n) is 1.96. The summed E-state index contributed by atoms with van der Waals surface area (Å²) in [6.45, 7) is 9.13. The number of carbonyl (C=O) groups is 1. The van der Waals surface area contributed by atoms with Gasteiger partial charge in [-0.3, -0.25) is 0 Å². The van der Waals surface area contributed by atoms with E-state index in [4.69, 9.17) is 4.74 Å². The van der Waals surface area contributed by atoms with Crippen LogP contribution in [0, 0.1) is 0 Å². The van der Waals surface area contributed by atoms with Crippen molar-refractivity contribution in [3.8, 4) is 0 Å². The lowest BCUT2D eigenvalue weighted by Crippen LogP contribution is -2.34. The monoisotopic (exact) mass is 312 g/mol. The highest BCUT2D eigenvalue weighted by Crippen LogP contribution is 2.16. The molecule has 0 saturated heterocycles. The van der Waals surface area contributed by atoms with Crippen LogP contribution in [0.1, 0.15) is 32.5 Å². The normalized spacial score (nSPS) is 12.7. The van der Waals surface area contributed by atoms with Gasteiger partial charge in [0.2, 0.25) is 0 Å². The van der Waals surface area contributed by atoms with Crippen molar-refractivity contribution in [1.82, 2.24) is 10.3 Å². The molecule has 1 unspecified atom stereocenters. The number of carbonyl (C=O) groups excluding carboxylic acids is 1. The molecule has 0 spiro atoms. The van der Waals surface area contributed by atoms with Crippen LogP contribution in [0.15, 0.2) is 35.5 Å². The van der Waals surface area contributed by atoms with Crippen molar-refractivity contribution in [1.29, 1.82) is 0 Å². The number of nitrogens with one attached hydrogen (secondary N) is 1. The maximum Gasteiger partial charge on any atom is 0.408 e. The van der Waals surface area contributed by atoms with Crippen LogP contribution in [0.5, 0.6) is 0 Å². The number of rotatable bonds is 3. The molecule has 0 fully saturated rings. The minimum atomic E-state index is -0.527. The first-order valence-corrected chi connectivity index (χ1v) is 6.35. The van der Waals surface area contributed by atoms with Gasteiger partial charge in [0.15, 0.2) is 0 Å². The smallest absolute Gasteiger partial charge is 0.408 e. The van der Waals surface area contributed by atoms with Gasteiger partial charge in [0.25, 0.3) is 0 Å². The Morgan fingerprint density at radius 2 is 2.22 bits per heavy atom. The SMILES string of the molecule is C=CC(NC(=O)OC(C)(C)C)c1cccc(Br)n1. The zero-order chi connectivity index (χ0) is 13.8. The second-order valence-corrected chi connectivity index (χ2v) is 5.56. The molecule has 1 rings (SSSR count). The van der Waals surface area contributed by atoms with Crippen molar-refractivity contribution in [2.24, 2.45) is 0 Å². The van der Waals surface area contributed by atoms with E-state index in [1.54, 1.807) is 6.08 Å². The number of pyridine rings is 1. The van der Waals surface area contributed by atoms with Crippen LogP contribution in [0.25, 0.3) is 0 Å². The van der Waals surface area contributed by atoms with E-state index in [-0.39, 0.29) is 6.04 Å².